The second-order valence-electron chi connectivity index (χ2n) is 3.79. The Hall–Kier alpha value is -2.88. The second kappa shape index (κ2) is 6.33. The van der Waals surface area contributed by atoms with Crippen LogP contribution >= 0.6 is 0 Å². The standard InChI is InChI=1S/C13H12N4O3/c1-19-12-4-2-3-5-13(12)20-9-11-10(8-18)15-16-17(11)7-6-14/h2-5,8H,7,9H2,1H3. The Morgan fingerprint density at radius 1 is 1.40 bits per heavy atom. The molecule has 0 saturated carbocycles. The van der Waals surface area contributed by atoms with Gasteiger partial charge < -0.3 is 9.47 Å². The Balaban J connectivity index is 2.20. The van der Waals surface area contributed by atoms with E-state index in [-0.39, 0.29) is 18.8 Å². The highest BCUT2D eigenvalue weighted by atomic mass is 16.5. The number of nitriles is 1. The molecule has 0 bridgehead atoms. The van der Waals surface area contributed by atoms with Crippen molar-refractivity contribution >= 4 is 6.29 Å². The summed E-state index contributed by atoms with van der Waals surface area (Å²) in [5.74, 6) is 1.12. The molecule has 0 N–H and O–H groups in total. The fourth-order valence-electron chi connectivity index (χ4n) is 1.66. The van der Waals surface area contributed by atoms with Crippen molar-refractivity contribution in [2.75, 3.05) is 7.11 Å². The van der Waals surface area contributed by atoms with Crippen molar-refractivity contribution in [1.82, 2.24) is 15.0 Å². The third-order valence-electron chi connectivity index (χ3n) is 2.63. The van der Waals surface area contributed by atoms with Crippen LogP contribution in [0.2, 0.25) is 0 Å². The number of carbonyl (C=O) groups is 1. The molecule has 102 valence electrons. The SMILES string of the molecule is COc1ccccc1OCc1c(C=O)nnn1CC#N. The van der Waals surface area contributed by atoms with Crippen molar-refractivity contribution in [3.05, 3.63) is 35.7 Å². The van der Waals surface area contributed by atoms with Gasteiger partial charge in [0.25, 0.3) is 0 Å². The minimum absolute atomic E-state index is 0.00541. The van der Waals surface area contributed by atoms with Gasteiger partial charge in [-0.3, -0.25) is 4.79 Å². The zero-order valence-corrected chi connectivity index (χ0v) is 10.8. The molecular formula is C13H12N4O3. The number of benzene rings is 1. The van der Waals surface area contributed by atoms with Gasteiger partial charge in [-0.2, -0.15) is 5.26 Å². The van der Waals surface area contributed by atoms with Crippen molar-refractivity contribution in [2.24, 2.45) is 0 Å². The predicted molar refractivity (Wildman–Crippen MR) is 68.3 cm³/mol. The Labute approximate surface area is 115 Å². The highest BCUT2D eigenvalue weighted by molar-refractivity contribution is 5.73. The molecule has 0 saturated heterocycles. The molecule has 0 radical (unpaired) electrons. The lowest BCUT2D eigenvalue weighted by Crippen LogP contribution is -2.09. The van der Waals surface area contributed by atoms with Gasteiger partial charge in [-0.1, -0.05) is 17.3 Å². The van der Waals surface area contributed by atoms with Crippen LogP contribution in [0.1, 0.15) is 16.2 Å². The smallest absolute Gasteiger partial charge is 0.172 e. The zero-order chi connectivity index (χ0) is 14.4. The molecule has 7 nitrogen and oxygen atoms in total. The highest BCUT2D eigenvalue weighted by Gasteiger charge is 2.13. The van der Waals surface area contributed by atoms with Crippen LogP contribution < -0.4 is 9.47 Å². The first kappa shape index (κ1) is 13.5. The molecule has 1 aromatic carbocycles. The number of methoxy groups -OCH3 is 1. The molecule has 2 rings (SSSR count). The topological polar surface area (TPSA) is 90.0 Å². The number of nitrogens with zero attached hydrogens (tertiary/aromatic N) is 4. The molecule has 1 aromatic heterocycles. The van der Waals surface area contributed by atoms with Crippen LogP contribution in [0.4, 0.5) is 0 Å². The summed E-state index contributed by atoms with van der Waals surface area (Å²) in [5, 5.41) is 16.1. The number of aromatic nitrogens is 3. The number of para-hydroxylation sites is 2. The molecule has 0 aliphatic rings. The second-order valence-corrected chi connectivity index (χ2v) is 3.79. The summed E-state index contributed by atoms with van der Waals surface area (Å²) < 4.78 is 12.1. The Kier molecular flexibility index (Phi) is 4.29. The number of ether oxygens (including phenoxy) is 2. The van der Waals surface area contributed by atoms with Crippen molar-refractivity contribution in [2.45, 2.75) is 13.2 Å². The average Bonchev–Trinajstić information content (AvgIpc) is 2.88. The Morgan fingerprint density at radius 3 is 2.80 bits per heavy atom. The van der Waals surface area contributed by atoms with Gasteiger partial charge in [0.15, 0.2) is 23.5 Å². The van der Waals surface area contributed by atoms with Gasteiger partial charge in [0, 0.05) is 0 Å². The molecule has 1 heterocycles. The van der Waals surface area contributed by atoms with Gasteiger partial charge in [-0.15, -0.1) is 5.10 Å². The van der Waals surface area contributed by atoms with E-state index >= 15 is 0 Å². The van der Waals surface area contributed by atoms with Gasteiger partial charge in [0.2, 0.25) is 0 Å². The van der Waals surface area contributed by atoms with Crippen LogP contribution in [-0.2, 0) is 13.2 Å². The third-order valence-corrected chi connectivity index (χ3v) is 2.63. The van der Waals surface area contributed by atoms with Crippen molar-refractivity contribution < 1.29 is 14.3 Å². The van der Waals surface area contributed by atoms with Gasteiger partial charge in [0.05, 0.1) is 13.2 Å². The van der Waals surface area contributed by atoms with Crippen molar-refractivity contribution in [3.63, 3.8) is 0 Å². The van der Waals surface area contributed by atoms with E-state index in [4.69, 9.17) is 14.7 Å². The first-order chi connectivity index (χ1) is 9.80. The first-order valence-electron chi connectivity index (χ1n) is 5.80. The zero-order valence-electron chi connectivity index (χ0n) is 10.8. The summed E-state index contributed by atoms with van der Waals surface area (Å²) >= 11 is 0. The number of carbonyl (C=O) groups excluding carboxylic acids is 1. The van der Waals surface area contributed by atoms with E-state index in [1.807, 2.05) is 18.2 Å². The van der Waals surface area contributed by atoms with Gasteiger partial charge in [-0.25, -0.2) is 4.68 Å². The summed E-state index contributed by atoms with van der Waals surface area (Å²) in [6.07, 6.45) is 0.585. The maximum Gasteiger partial charge on any atom is 0.172 e. The lowest BCUT2D eigenvalue weighted by molar-refractivity contribution is 0.111. The van der Waals surface area contributed by atoms with E-state index in [2.05, 4.69) is 10.3 Å². The Morgan fingerprint density at radius 2 is 2.15 bits per heavy atom. The minimum atomic E-state index is 0.00541. The lowest BCUT2D eigenvalue weighted by Gasteiger charge is -2.10. The molecule has 2 aromatic rings. The first-order valence-corrected chi connectivity index (χ1v) is 5.80. The van der Waals surface area contributed by atoms with Crippen LogP contribution in [0.15, 0.2) is 24.3 Å². The van der Waals surface area contributed by atoms with Crippen molar-refractivity contribution in [3.8, 4) is 17.6 Å². The van der Waals surface area contributed by atoms with E-state index in [0.717, 1.165) is 0 Å². The molecule has 7 heteroatoms. The van der Waals surface area contributed by atoms with E-state index in [0.29, 0.717) is 23.5 Å². The van der Waals surface area contributed by atoms with Gasteiger partial charge in [-0.05, 0) is 12.1 Å². The van der Waals surface area contributed by atoms with Crippen LogP contribution in [-0.4, -0.2) is 28.4 Å². The minimum Gasteiger partial charge on any atom is -0.493 e. The summed E-state index contributed by atoms with van der Waals surface area (Å²) in [6, 6.07) is 9.09. The Bertz CT molecular complexity index is 645. The lowest BCUT2D eigenvalue weighted by atomic mass is 10.3. The van der Waals surface area contributed by atoms with E-state index < -0.39 is 0 Å². The summed E-state index contributed by atoms with van der Waals surface area (Å²) in [4.78, 5) is 10.9. The molecule has 20 heavy (non-hydrogen) atoms. The van der Waals surface area contributed by atoms with Gasteiger partial charge >= 0.3 is 0 Å². The summed E-state index contributed by atoms with van der Waals surface area (Å²) in [7, 11) is 1.54. The quantitative estimate of drug-likeness (QED) is 0.734. The molecule has 0 spiro atoms. The fraction of sp³-hybridized carbons (Fsp3) is 0.231. The number of hydrogen-bond donors (Lipinski definition) is 0. The van der Waals surface area contributed by atoms with Crippen LogP contribution in [0.5, 0.6) is 11.5 Å². The molecule has 0 atom stereocenters. The monoisotopic (exact) mass is 272 g/mol. The summed E-state index contributed by atoms with van der Waals surface area (Å²) in [6.45, 7) is 0.0780. The highest BCUT2D eigenvalue weighted by Crippen LogP contribution is 2.26. The maximum atomic E-state index is 10.9. The maximum absolute atomic E-state index is 10.9. The van der Waals surface area contributed by atoms with E-state index in [9.17, 15) is 4.79 Å². The van der Waals surface area contributed by atoms with E-state index in [1.54, 1.807) is 19.2 Å². The molecule has 0 fully saturated rings. The largest absolute Gasteiger partial charge is 0.493 e. The predicted octanol–water partition coefficient (Wildman–Crippen LogP) is 1.20. The van der Waals surface area contributed by atoms with Crippen LogP contribution in [0.3, 0.4) is 0 Å². The molecular weight excluding hydrogens is 260 g/mol. The summed E-state index contributed by atoms with van der Waals surface area (Å²) in [5.41, 5.74) is 0.614. The number of aldehydes is 1. The molecule has 0 amide bonds. The van der Waals surface area contributed by atoms with Crippen LogP contribution in [0.25, 0.3) is 0 Å². The molecule has 0 aliphatic heterocycles. The third kappa shape index (κ3) is 2.75. The molecule has 0 aliphatic carbocycles. The fourth-order valence-corrected chi connectivity index (χ4v) is 1.66. The normalized spacial score (nSPS) is 9.80. The number of rotatable bonds is 6. The van der Waals surface area contributed by atoms with E-state index in [1.165, 1.54) is 4.68 Å². The average molecular weight is 272 g/mol. The molecule has 0 unspecified atom stereocenters. The van der Waals surface area contributed by atoms with Crippen LogP contribution in [0, 0.1) is 11.3 Å². The van der Waals surface area contributed by atoms with Gasteiger partial charge in [0.1, 0.15) is 18.8 Å². The van der Waals surface area contributed by atoms with Crippen molar-refractivity contribution in [1.29, 1.82) is 5.26 Å². The number of hydrogen-bond acceptors (Lipinski definition) is 6.